The molecule has 0 fully saturated rings. The summed E-state index contributed by atoms with van der Waals surface area (Å²) in [4.78, 5) is 10.7. The zero-order valence-electron chi connectivity index (χ0n) is 8.44. The molecule has 0 radical (unpaired) electrons. The fourth-order valence-electron chi connectivity index (χ4n) is 1.08. The van der Waals surface area contributed by atoms with Gasteiger partial charge in [-0.05, 0) is 40.5 Å². The van der Waals surface area contributed by atoms with E-state index < -0.39 is 5.97 Å². The summed E-state index contributed by atoms with van der Waals surface area (Å²) in [6.45, 7) is 0.443. The summed E-state index contributed by atoms with van der Waals surface area (Å²) in [7, 11) is 0. The second-order valence-corrected chi connectivity index (χ2v) is 3.91. The van der Waals surface area contributed by atoms with Gasteiger partial charge in [-0.25, -0.2) is 4.79 Å². The summed E-state index contributed by atoms with van der Waals surface area (Å²) >= 11 is 3.23. The van der Waals surface area contributed by atoms with Gasteiger partial charge < -0.3 is 9.84 Å². The Morgan fingerprint density at radius 1 is 1.56 bits per heavy atom. The molecule has 0 aliphatic rings. The van der Waals surface area contributed by atoms with E-state index in [2.05, 4.69) is 15.9 Å². The van der Waals surface area contributed by atoms with Crippen molar-refractivity contribution in [2.75, 3.05) is 6.61 Å². The second kappa shape index (κ2) is 6.13. The van der Waals surface area contributed by atoms with Crippen LogP contribution in [0.5, 0.6) is 5.75 Å². The molecule has 1 aromatic rings. The Morgan fingerprint density at radius 2 is 2.31 bits per heavy atom. The third kappa shape index (κ3) is 3.55. The third-order valence-electron chi connectivity index (χ3n) is 1.87. The summed E-state index contributed by atoms with van der Waals surface area (Å²) in [6.07, 6.45) is 1.11. The molecule has 0 saturated carbocycles. The van der Waals surface area contributed by atoms with Crippen LogP contribution in [0.2, 0.25) is 0 Å². The number of hydrogen-bond donors (Lipinski definition) is 1. The van der Waals surface area contributed by atoms with E-state index in [9.17, 15) is 4.79 Å². The number of aromatic carboxylic acids is 1. The number of nitrogens with zero attached hydrogens (tertiary/aromatic N) is 1. The van der Waals surface area contributed by atoms with Crippen molar-refractivity contribution in [1.29, 1.82) is 5.26 Å². The van der Waals surface area contributed by atoms with Crippen LogP contribution in [0.1, 0.15) is 23.2 Å². The lowest BCUT2D eigenvalue weighted by atomic mass is 10.2. The predicted molar refractivity (Wildman–Crippen MR) is 61.4 cm³/mol. The third-order valence-corrected chi connectivity index (χ3v) is 2.49. The minimum absolute atomic E-state index is 0.205. The van der Waals surface area contributed by atoms with Gasteiger partial charge in [0.2, 0.25) is 0 Å². The Morgan fingerprint density at radius 3 is 2.88 bits per heavy atom. The molecule has 84 valence electrons. The summed E-state index contributed by atoms with van der Waals surface area (Å²) < 4.78 is 5.98. The number of ether oxygens (including phenoxy) is 1. The number of carboxylic acids is 1. The first-order valence-electron chi connectivity index (χ1n) is 4.67. The molecule has 0 saturated heterocycles. The van der Waals surface area contributed by atoms with Crippen LogP contribution in [0.3, 0.4) is 0 Å². The van der Waals surface area contributed by atoms with E-state index in [1.165, 1.54) is 12.1 Å². The van der Waals surface area contributed by atoms with Gasteiger partial charge in [0.25, 0.3) is 0 Å². The number of nitriles is 1. The molecule has 1 aromatic carbocycles. The number of carboxylic acid groups (broad SMARTS) is 1. The minimum Gasteiger partial charge on any atom is -0.492 e. The maximum absolute atomic E-state index is 10.7. The van der Waals surface area contributed by atoms with Crippen molar-refractivity contribution in [3.8, 4) is 11.8 Å². The van der Waals surface area contributed by atoms with Crippen LogP contribution in [0.25, 0.3) is 0 Å². The highest BCUT2D eigenvalue weighted by atomic mass is 79.9. The number of rotatable bonds is 5. The lowest BCUT2D eigenvalue weighted by Gasteiger charge is -2.07. The number of halogens is 1. The van der Waals surface area contributed by atoms with Crippen molar-refractivity contribution >= 4 is 21.9 Å². The second-order valence-electron chi connectivity index (χ2n) is 3.06. The standard InChI is InChI=1S/C11H10BrNO3/c12-9-7-8(11(14)15)3-4-10(9)16-6-2-1-5-13/h3-4,7H,1-2,6H2,(H,14,15). The molecule has 0 spiro atoms. The van der Waals surface area contributed by atoms with Gasteiger partial charge in [-0.2, -0.15) is 5.26 Å². The van der Waals surface area contributed by atoms with Gasteiger partial charge in [-0.15, -0.1) is 0 Å². The largest absolute Gasteiger partial charge is 0.492 e. The first-order chi connectivity index (χ1) is 7.65. The van der Waals surface area contributed by atoms with Crippen molar-refractivity contribution < 1.29 is 14.6 Å². The zero-order valence-corrected chi connectivity index (χ0v) is 10.0. The molecule has 16 heavy (non-hydrogen) atoms. The van der Waals surface area contributed by atoms with Crippen molar-refractivity contribution in [1.82, 2.24) is 0 Å². The molecule has 0 atom stereocenters. The first-order valence-corrected chi connectivity index (χ1v) is 5.47. The van der Waals surface area contributed by atoms with Crippen LogP contribution in [0.15, 0.2) is 22.7 Å². The van der Waals surface area contributed by atoms with E-state index in [4.69, 9.17) is 15.1 Å². The summed E-state index contributed by atoms with van der Waals surface area (Å²) in [5, 5.41) is 17.1. The highest BCUT2D eigenvalue weighted by Gasteiger charge is 2.07. The van der Waals surface area contributed by atoms with Gasteiger partial charge in [-0.1, -0.05) is 0 Å². The molecule has 4 nitrogen and oxygen atoms in total. The Labute approximate surface area is 102 Å². The number of unbranched alkanes of at least 4 members (excludes halogenated alkanes) is 1. The number of hydrogen-bond acceptors (Lipinski definition) is 3. The molecule has 0 aliphatic carbocycles. The summed E-state index contributed by atoms with van der Waals surface area (Å²) in [5.41, 5.74) is 0.205. The van der Waals surface area contributed by atoms with Crippen LogP contribution in [0.4, 0.5) is 0 Å². The summed E-state index contributed by atoms with van der Waals surface area (Å²) in [6, 6.07) is 6.59. The van der Waals surface area contributed by atoms with Crippen molar-refractivity contribution in [3.05, 3.63) is 28.2 Å². The molecular weight excluding hydrogens is 274 g/mol. The molecule has 0 amide bonds. The number of benzene rings is 1. The van der Waals surface area contributed by atoms with Gasteiger partial charge in [0.15, 0.2) is 0 Å². The lowest BCUT2D eigenvalue weighted by molar-refractivity contribution is 0.0697. The average molecular weight is 284 g/mol. The van der Waals surface area contributed by atoms with Crippen LogP contribution in [-0.4, -0.2) is 17.7 Å². The SMILES string of the molecule is N#CCCCOc1ccc(C(=O)O)cc1Br. The molecule has 0 heterocycles. The van der Waals surface area contributed by atoms with E-state index in [-0.39, 0.29) is 5.56 Å². The molecule has 1 N–H and O–H groups in total. The number of carbonyl (C=O) groups is 1. The van der Waals surface area contributed by atoms with Gasteiger partial charge in [-0.3, -0.25) is 0 Å². The fraction of sp³-hybridized carbons (Fsp3) is 0.273. The van der Waals surface area contributed by atoms with Crippen LogP contribution in [0, 0.1) is 11.3 Å². The van der Waals surface area contributed by atoms with Gasteiger partial charge in [0, 0.05) is 6.42 Å². The quantitative estimate of drug-likeness (QED) is 0.844. The van der Waals surface area contributed by atoms with E-state index >= 15 is 0 Å². The van der Waals surface area contributed by atoms with Crippen LogP contribution >= 0.6 is 15.9 Å². The molecular formula is C11H10BrNO3. The summed E-state index contributed by atoms with van der Waals surface area (Å²) in [5.74, 6) is -0.389. The Balaban J connectivity index is 2.62. The van der Waals surface area contributed by atoms with Gasteiger partial charge in [0.1, 0.15) is 5.75 Å². The lowest BCUT2D eigenvalue weighted by Crippen LogP contribution is -2.00. The van der Waals surface area contributed by atoms with Gasteiger partial charge >= 0.3 is 5.97 Å². The molecule has 0 aliphatic heterocycles. The smallest absolute Gasteiger partial charge is 0.335 e. The zero-order chi connectivity index (χ0) is 12.0. The van der Waals surface area contributed by atoms with E-state index in [0.717, 1.165) is 0 Å². The predicted octanol–water partition coefficient (Wildman–Crippen LogP) is 2.83. The van der Waals surface area contributed by atoms with Crippen molar-refractivity contribution in [3.63, 3.8) is 0 Å². The molecule has 0 unspecified atom stereocenters. The van der Waals surface area contributed by atoms with E-state index in [1.807, 2.05) is 6.07 Å². The highest BCUT2D eigenvalue weighted by molar-refractivity contribution is 9.10. The van der Waals surface area contributed by atoms with Crippen molar-refractivity contribution in [2.24, 2.45) is 0 Å². The monoisotopic (exact) mass is 283 g/mol. The highest BCUT2D eigenvalue weighted by Crippen LogP contribution is 2.26. The first kappa shape index (κ1) is 12.5. The average Bonchev–Trinajstić information content (AvgIpc) is 2.26. The fourth-order valence-corrected chi connectivity index (χ4v) is 1.58. The Bertz CT molecular complexity index is 426. The normalized spacial score (nSPS) is 9.50. The Hall–Kier alpha value is -1.54. The van der Waals surface area contributed by atoms with E-state index in [0.29, 0.717) is 29.7 Å². The topological polar surface area (TPSA) is 70.3 Å². The maximum Gasteiger partial charge on any atom is 0.335 e. The molecule has 0 aromatic heterocycles. The van der Waals surface area contributed by atoms with Crippen LogP contribution < -0.4 is 4.74 Å². The minimum atomic E-state index is -0.975. The van der Waals surface area contributed by atoms with E-state index in [1.54, 1.807) is 6.07 Å². The van der Waals surface area contributed by atoms with Crippen molar-refractivity contribution in [2.45, 2.75) is 12.8 Å². The molecule has 1 rings (SSSR count). The Kier molecular flexibility index (Phi) is 4.80. The molecule has 0 bridgehead atoms. The molecule has 5 heteroatoms. The van der Waals surface area contributed by atoms with Gasteiger partial charge in [0.05, 0.1) is 22.7 Å². The van der Waals surface area contributed by atoms with Crippen LogP contribution in [-0.2, 0) is 0 Å². The maximum atomic E-state index is 10.7.